The van der Waals surface area contributed by atoms with Crippen molar-refractivity contribution in [2.24, 2.45) is 5.92 Å². The van der Waals surface area contributed by atoms with Crippen LogP contribution in [0.1, 0.15) is 32.6 Å². The lowest BCUT2D eigenvalue weighted by atomic mass is 9.89. The fourth-order valence-corrected chi connectivity index (χ4v) is 4.07. The van der Waals surface area contributed by atoms with Crippen LogP contribution in [0.15, 0.2) is 34.9 Å². The third-order valence-electron chi connectivity index (χ3n) is 5.66. The second-order valence-electron chi connectivity index (χ2n) is 7.07. The van der Waals surface area contributed by atoms with Gasteiger partial charge >= 0.3 is 0 Å². The number of likely N-dealkylation sites (tertiary alicyclic amines) is 1. The van der Waals surface area contributed by atoms with Gasteiger partial charge in [-0.1, -0.05) is 18.2 Å². The Morgan fingerprint density at radius 2 is 1.75 bits per heavy atom. The van der Waals surface area contributed by atoms with E-state index < -0.39 is 0 Å². The first-order valence-electron chi connectivity index (χ1n) is 9.19. The van der Waals surface area contributed by atoms with Crippen LogP contribution < -0.4 is 4.90 Å². The molecule has 0 amide bonds. The number of anilines is 1. The first-order chi connectivity index (χ1) is 11.8. The van der Waals surface area contributed by atoms with E-state index >= 15 is 0 Å². The van der Waals surface area contributed by atoms with Crippen LogP contribution in [0.3, 0.4) is 0 Å². The first-order valence-corrected chi connectivity index (χ1v) is 9.19. The zero-order chi connectivity index (χ0) is 16.4. The quantitative estimate of drug-likeness (QED) is 0.861. The predicted octanol–water partition coefficient (Wildman–Crippen LogP) is 3.44. The maximum absolute atomic E-state index is 5.45. The summed E-state index contributed by atoms with van der Waals surface area (Å²) in [4.78, 5) is 9.53. The third-order valence-corrected chi connectivity index (χ3v) is 5.66. The average molecular weight is 326 g/mol. The Balaban J connectivity index is 1.37. The second-order valence-corrected chi connectivity index (χ2v) is 7.07. The molecule has 2 fully saturated rings. The van der Waals surface area contributed by atoms with Gasteiger partial charge in [-0.15, -0.1) is 0 Å². The largest absolute Gasteiger partial charge is 0.338 e. The van der Waals surface area contributed by atoms with E-state index in [0.717, 1.165) is 30.5 Å². The van der Waals surface area contributed by atoms with Crippen molar-refractivity contribution in [1.82, 2.24) is 15.0 Å². The van der Waals surface area contributed by atoms with Crippen molar-refractivity contribution < 1.29 is 4.52 Å². The van der Waals surface area contributed by atoms with Crippen molar-refractivity contribution in [2.75, 3.05) is 31.1 Å². The van der Waals surface area contributed by atoms with Crippen LogP contribution in [-0.4, -0.2) is 47.3 Å². The van der Waals surface area contributed by atoms with Gasteiger partial charge in [0.25, 0.3) is 11.8 Å². The zero-order valence-electron chi connectivity index (χ0n) is 14.4. The molecule has 4 rings (SSSR count). The van der Waals surface area contributed by atoms with E-state index in [4.69, 9.17) is 4.52 Å². The Morgan fingerprint density at radius 3 is 2.46 bits per heavy atom. The molecule has 2 aliphatic heterocycles. The molecule has 0 saturated carbocycles. The summed E-state index contributed by atoms with van der Waals surface area (Å²) in [5, 5.41) is 4.19. The number of aromatic nitrogens is 2. The van der Waals surface area contributed by atoms with Gasteiger partial charge in [-0.05, 0) is 68.9 Å². The molecule has 5 nitrogen and oxygen atoms in total. The van der Waals surface area contributed by atoms with Gasteiger partial charge in [0.15, 0.2) is 0 Å². The summed E-state index contributed by atoms with van der Waals surface area (Å²) in [7, 11) is 0. The fraction of sp³-hybridized carbons (Fsp3) is 0.579. The van der Waals surface area contributed by atoms with Gasteiger partial charge in [-0.2, -0.15) is 4.98 Å². The summed E-state index contributed by atoms with van der Waals surface area (Å²) < 4.78 is 5.45. The SMILES string of the molecule is CC(C1CCN(c2noc(-c3ccccc3)n2)CC1)N1CCCC1. The van der Waals surface area contributed by atoms with Gasteiger partial charge in [0.2, 0.25) is 0 Å². The molecular weight excluding hydrogens is 300 g/mol. The lowest BCUT2D eigenvalue weighted by molar-refractivity contribution is 0.167. The number of piperidine rings is 1. The van der Waals surface area contributed by atoms with E-state index in [-0.39, 0.29) is 0 Å². The number of hydrogen-bond donors (Lipinski definition) is 0. The van der Waals surface area contributed by atoms with Crippen LogP contribution in [0.25, 0.3) is 11.5 Å². The Labute approximate surface area is 143 Å². The van der Waals surface area contributed by atoms with Crippen molar-refractivity contribution in [3.63, 3.8) is 0 Å². The zero-order valence-corrected chi connectivity index (χ0v) is 14.4. The summed E-state index contributed by atoms with van der Waals surface area (Å²) in [6.07, 6.45) is 5.17. The first kappa shape index (κ1) is 15.6. The van der Waals surface area contributed by atoms with Gasteiger partial charge in [0.05, 0.1) is 0 Å². The maximum Gasteiger partial charge on any atom is 0.266 e. The minimum absolute atomic E-state index is 0.609. The van der Waals surface area contributed by atoms with E-state index in [0.29, 0.717) is 11.9 Å². The van der Waals surface area contributed by atoms with Crippen molar-refractivity contribution in [1.29, 1.82) is 0 Å². The number of nitrogens with zero attached hydrogens (tertiary/aromatic N) is 4. The van der Waals surface area contributed by atoms with Gasteiger partial charge in [-0.3, -0.25) is 0 Å². The topological polar surface area (TPSA) is 45.4 Å². The van der Waals surface area contributed by atoms with E-state index in [9.17, 15) is 0 Å². The molecule has 24 heavy (non-hydrogen) atoms. The summed E-state index contributed by atoms with van der Waals surface area (Å²) in [5.74, 6) is 2.14. The fourth-order valence-electron chi connectivity index (χ4n) is 4.07. The molecule has 1 aromatic carbocycles. The molecule has 3 heterocycles. The molecule has 1 aromatic heterocycles. The smallest absolute Gasteiger partial charge is 0.266 e. The minimum atomic E-state index is 0.609. The van der Waals surface area contributed by atoms with Crippen LogP contribution >= 0.6 is 0 Å². The molecule has 128 valence electrons. The summed E-state index contributed by atoms with van der Waals surface area (Å²) in [6.45, 7) is 7.03. The second kappa shape index (κ2) is 6.93. The highest BCUT2D eigenvalue weighted by molar-refractivity contribution is 5.54. The van der Waals surface area contributed by atoms with Crippen molar-refractivity contribution in [3.05, 3.63) is 30.3 Å². The highest BCUT2D eigenvalue weighted by Gasteiger charge is 2.30. The lowest BCUT2D eigenvalue weighted by Gasteiger charge is -2.37. The van der Waals surface area contributed by atoms with Crippen LogP contribution in [-0.2, 0) is 0 Å². The van der Waals surface area contributed by atoms with E-state index in [1.807, 2.05) is 30.3 Å². The molecular formula is C19H26N4O. The van der Waals surface area contributed by atoms with E-state index in [1.165, 1.54) is 38.8 Å². The minimum Gasteiger partial charge on any atom is -0.338 e. The van der Waals surface area contributed by atoms with E-state index in [2.05, 4.69) is 26.9 Å². The van der Waals surface area contributed by atoms with Crippen LogP contribution in [0.5, 0.6) is 0 Å². The molecule has 5 heteroatoms. The molecule has 0 radical (unpaired) electrons. The molecule has 0 bridgehead atoms. The Kier molecular flexibility index (Phi) is 4.52. The van der Waals surface area contributed by atoms with Crippen molar-refractivity contribution in [3.8, 4) is 11.5 Å². The standard InChI is InChI=1S/C19H26N4O/c1-15(22-11-5-6-12-22)16-9-13-23(14-10-16)19-20-18(24-21-19)17-7-3-2-4-8-17/h2-4,7-8,15-16H,5-6,9-14H2,1H3. The molecule has 2 saturated heterocycles. The van der Waals surface area contributed by atoms with Crippen molar-refractivity contribution in [2.45, 2.75) is 38.6 Å². The molecule has 0 spiro atoms. The normalized spacial score (nSPS) is 21.3. The van der Waals surface area contributed by atoms with Crippen LogP contribution in [0.2, 0.25) is 0 Å². The van der Waals surface area contributed by atoms with Gasteiger partial charge in [0.1, 0.15) is 0 Å². The number of hydrogen-bond acceptors (Lipinski definition) is 5. The molecule has 0 aliphatic carbocycles. The highest BCUT2D eigenvalue weighted by atomic mass is 16.5. The predicted molar refractivity (Wildman–Crippen MR) is 94.9 cm³/mol. The number of benzene rings is 1. The summed E-state index contributed by atoms with van der Waals surface area (Å²) in [6, 6.07) is 10.7. The summed E-state index contributed by atoms with van der Waals surface area (Å²) in [5.41, 5.74) is 0.980. The maximum atomic E-state index is 5.45. The molecule has 1 unspecified atom stereocenters. The molecule has 1 atom stereocenters. The van der Waals surface area contributed by atoms with Gasteiger partial charge in [0, 0.05) is 24.7 Å². The summed E-state index contributed by atoms with van der Waals surface area (Å²) >= 11 is 0. The van der Waals surface area contributed by atoms with Crippen LogP contribution in [0.4, 0.5) is 5.95 Å². The van der Waals surface area contributed by atoms with Gasteiger partial charge in [-0.25, -0.2) is 0 Å². The Bertz CT molecular complexity index is 642. The van der Waals surface area contributed by atoms with Crippen molar-refractivity contribution >= 4 is 5.95 Å². The molecule has 0 N–H and O–H groups in total. The average Bonchev–Trinajstić information content (AvgIpc) is 3.34. The number of rotatable bonds is 4. The third kappa shape index (κ3) is 3.18. The van der Waals surface area contributed by atoms with E-state index in [1.54, 1.807) is 0 Å². The van der Waals surface area contributed by atoms with Gasteiger partial charge < -0.3 is 14.3 Å². The monoisotopic (exact) mass is 326 g/mol. The van der Waals surface area contributed by atoms with Crippen LogP contribution in [0, 0.1) is 5.92 Å². The highest BCUT2D eigenvalue weighted by Crippen LogP contribution is 2.28. The lowest BCUT2D eigenvalue weighted by Crippen LogP contribution is -2.43. The Morgan fingerprint density at radius 1 is 1.04 bits per heavy atom. The molecule has 2 aromatic rings. The molecule has 2 aliphatic rings. The Hall–Kier alpha value is -1.88.